The highest BCUT2D eigenvalue weighted by Crippen LogP contribution is 2.15. The molecule has 2 heterocycles. The van der Waals surface area contributed by atoms with Crippen LogP contribution in [-0.4, -0.2) is 15.9 Å². The minimum Gasteiger partial charge on any atom is -0.307 e. The first-order chi connectivity index (χ1) is 9.72. The number of rotatable bonds is 2. The molecular weight excluding hydrogens is 274 g/mol. The molecule has 0 saturated heterocycles. The summed E-state index contributed by atoms with van der Waals surface area (Å²) in [6.07, 6.45) is 3.18. The Kier molecular flexibility index (Phi) is 3.31. The van der Waals surface area contributed by atoms with E-state index in [4.69, 9.17) is 11.6 Å². The van der Waals surface area contributed by atoms with E-state index in [1.807, 2.05) is 18.2 Å². The summed E-state index contributed by atoms with van der Waals surface area (Å²) in [7, 11) is 0. The maximum Gasteiger partial charge on any atom is 0.256 e. The maximum atomic E-state index is 12.1. The van der Waals surface area contributed by atoms with Crippen LogP contribution in [0.15, 0.2) is 54.9 Å². The number of hydrogen-bond donors (Lipinski definition) is 1. The Bertz CT molecular complexity index is 771. The lowest BCUT2D eigenvalue weighted by atomic mass is 10.1. The highest BCUT2D eigenvalue weighted by molar-refractivity contribution is 6.30. The molecular formula is C15H10ClN3O. The molecule has 0 fully saturated rings. The summed E-state index contributed by atoms with van der Waals surface area (Å²) in [5.41, 5.74) is 1.32. The Morgan fingerprint density at radius 3 is 2.80 bits per heavy atom. The van der Waals surface area contributed by atoms with Crippen LogP contribution in [0.4, 0.5) is 5.82 Å². The highest BCUT2D eigenvalue weighted by Gasteiger charge is 2.07. The molecule has 0 aliphatic rings. The van der Waals surface area contributed by atoms with E-state index in [-0.39, 0.29) is 5.91 Å². The Hall–Kier alpha value is -2.46. The molecule has 5 heteroatoms. The van der Waals surface area contributed by atoms with E-state index in [1.165, 1.54) is 6.20 Å². The number of benzene rings is 1. The van der Waals surface area contributed by atoms with Crippen molar-refractivity contribution in [2.45, 2.75) is 0 Å². The molecule has 0 aliphatic carbocycles. The Morgan fingerprint density at radius 2 is 2.00 bits per heavy atom. The van der Waals surface area contributed by atoms with Crippen LogP contribution in [0.5, 0.6) is 0 Å². The standard InChI is InChI=1S/C15H10ClN3O/c16-12-5-6-14(18-9-12)19-15(20)11-4-3-10-2-1-7-17-13(10)8-11/h1-9H,(H,18,19,20). The molecule has 1 amide bonds. The summed E-state index contributed by atoms with van der Waals surface area (Å²) in [6, 6.07) is 12.5. The van der Waals surface area contributed by atoms with Crippen molar-refractivity contribution >= 4 is 34.2 Å². The monoisotopic (exact) mass is 283 g/mol. The van der Waals surface area contributed by atoms with E-state index in [0.29, 0.717) is 16.4 Å². The largest absolute Gasteiger partial charge is 0.307 e. The first-order valence-electron chi connectivity index (χ1n) is 6.00. The summed E-state index contributed by atoms with van der Waals surface area (Å²) in [6.45, 7) is 0. The molecule has 0 saturated carbocycles. The molecule has 20 heavy (non-hydrogen) atoms. The number of anilines is 1. The van der Waals surface area contributed by atoms with E-state index in [2.05, 4.69) is 15.3 Å². The van der Waals surface area contributed by atoms with Gasteiger partial charge >= 0.3 is 0 Å². The second kappa shape index (κ2) is 5.27. The summed E-state index contributed by atoms with van der Waals surface area (Å²) >= 11 is 5.75. The molecule has 98 valence electrons. The van der Waals surface area contributed by atoms with Gasteiger partial charge in [-0.1, -0.05) is 23.7 Å². The van der Waals surface area contributed by atoms with Crippen LogP contribution in [0.2, 0.25) is 5.02 Å². The van der Waals surface area contributed by atoms with Crippen LogP contribution in [0.3, 0.4) is 0 Å². The molecule has 0 unspecified atom stereocenters. The van der Waals surface area contributed by atoms with Crippen LogP contribution in [0.1, 0.15) is 10.4 Å². The normalized spacial score (nSPS) is 10.4. The van der Waals surface area contributed by atoms with Gasteiger partial charge in [-0.2, -0.15) is 0 Å². The molecule has 4 nitrogen and oxygen atoms in total. The quantitative estimate of drug-likeness (QED) is 0.783. The number of fused-ring (bicyclic) bond motifs is 1. The van der Waals surface area contributed by atoms with Crippen molar-refractivity contribution in [1.82, 2.24) is 9.97 Å². The molecule has 0 atom stereocenters. The predicted molar refractivity (Wildman–Crippen MR) is 78.9 cm³/mol. The van der Waals surface area contributed by atoms with Gasteiger partial charge in [0.2, 0.25) is 0 Å². The summed E-state index contributed by atoms with van der Waals surface area (Å²) in [4.78, 5) is 20.4. The predicted octanol–water partition coefficient (Wildman–Crippen LogP) is 3.54. The van der Waals surface area contributed by atoms with Crippen molar-refractivity contribution in [3.63, 3.8) is 0 Å². The first-order valence-corrected chi connectivity index (χ1v) is 6.38. The van der Waals surface area contributed by atoms with Crippen LogP contribution < -0.4 is 5.32 Å². The van der Waals surface area contributed by atoms with Gasteiger partial charge in [-0.05, 0) is 30.3 Å². The van der Waals surface area contributed by atoms with Crippen molar-refractivity contribution < 1.29 is 4.79 Å². The highest BCUT2D eigenvalue weighted by atomic mass is 35.5. The Labute approximate surface area is 120 Å². The van der Waals surface area contributed by atoms with Gasteiger partial charge in [0.15, 0.2) is 0 Å². The summed E-state index contributed by atoms with van der Waals surface area (Å²) in [5.74, 6) is 0.230. The molecule has 1 aromatic carbocycles. The molecule has 0 spiro atoms. The third-order valence-corrected chi connectivity index (χ3v) is 3.06. The average molecular weight is 284 g/mol. The fourth-order valence-corrected chi connectivity index (χ4v) is 1.96. The van der Waals surface area contributed by atoms with Crippen molar-refractivity contribution in [3.8, 4) is 0 Å². The van der Waals surface area contributed by atoms with Crippen molar-refractivity contribution in [1.29, 1.82) is 0 Å². The zero-order valence-electron chi connectivity index (χ0n) is 10.4. The Balaban J connectivity index is 1.86. The smallest absolute Gasteiger partial charge is 0.256 e. The topological polar surface area (TPSA) is 54.9 Å². The number of halogens is 1. The number of nitrogens with one attached hydrogen (secondary N) is 1. The number of carbonyl (C=O) groups is 1. The van der Waals surface area contributed by atoms with Gasteiger partial charge in [0, 0.05) is 23.3 Å². The number of pyridine rings is 2. The molecule has 3 aromatic rings. The van der Waals surface area contributed by atoms with Gasteiger partial charge < -0.3 is 5.32 Å². The number of hydrogen-bond acceptors (Lipinski definition) is 3. The SMILES string of the molecule is O=C(Nc1ccc(Cl)cn1)c1ccc2cccnc2c1. The molecule has 0 radical (unpaired) electrons. The van der Waals surface area contributed by atoms with Crippen molar-refractivity contribution in [2.24, 2.45) is 0 Å². The maximum absolute atomic E-state index is 12.1. The number of amides is 1. The van der Waals surface area contributed by atoms with Crippen LogP contribution in [0.25, 0.3) is 10.9 Å². The third-order valence-electron chi connectivity index (χ3n) is 2.84. The number of nitrogens with zero attached hydrogens (tertiary/aromatic N) is 2. The lowest BCUT2D eigenvalue weighted by Gasteiger charge is -2.05. The fourth-order valence-electron chi connectivity index (χ4n) is 1.85. The average Bonchev–Trinajstić information content (AvgIpc) is 2.49. The van der Waals surface area contributed by atoms with Crippen LogP contribution in [-0.2, 0) is 0 Å². The minimum atomic E-state index is -0.229. The summed E-state index contributed by atoms with van der Waals surface area (Å²) in [5, 5.41) is 4.23. The van der Waals surface area contributed by atoms with Crippen molar-refractivity contribution in [3.05, 3.63) is 65.4 Å². The zero-order valence-corrected chi connectivity index (χ0v) is 11.1. The molecule has 0 aliphatic heterocycles. The van der Waals surface area contributed by atoms with Gasteiger partial charge in [-0.25, -0.2) is 4.98 Å². The second-order valence-corrected chi connectivity index (χ2v) is 4.66. The lowest BCUT2D eigenvalue weighted by molar-refractivity contribution is 0.102. The van der Waals surface area contributed by atoms with Gasteiger partial charge in [0.1, 0.15) is 5.82 Å². The number of aromatic nitrogens is 2. The fraction of sp³-hybridized carbons (Fsp3) is 0. The number of carbonyl (C=O) groups excluding carboxylic acids is 1. The second-order valence-electron chi connectivity index (χ2n) is 4.23. The first kappa shape index (κ1) is 12.6. The van der Waals surface area contributed by atoms with Gasteiger partial charge in [-0.3, -0.25) is 9.78 Å². The molecule has 2 aromatic heterocycles. The van der Waals surface area contributed by atoms with Crippen molar-refractivity contribution in [2.75, 3.05) is 5.32 Å². The Morgan fingerprint density at radius 1 is 1.10 bits per heavy atom. The summed E-state index contributed by atoms with van der Waals surface area (Å²) < 4.78 is 0. The minimum absolute atomic E-state index is 0.229. The zero-order chi connectivity index (χ0) is 13.9. The third kappa shape index (κ3) is 2.60. The van der Waals surface area contributed by atoms with E-state index < -0.39 is 0 Å². The van der Waals surface area contributed by atoms with Crippen LogP contribution >= 0.6 is 11.6 Å². The van der Waals surface area contributed by atoms with Crippen LogP contribution in [0, 0.1) is 0 Å². The molecule has 1 N–H and O–H groups in total. The van der Waals surface area contributed by atoms with E-state index >= 15 is 0 Å². The van der Waals surface area contributed by atoms with E-state index in [0.717, 1.165) is 10.9 Å². The lowest BCUT2D eigenvalue weighted by Crippen LogP contribution is -2.12. The van der Waals surface area contributed by atoms with Gasteiger partial charge in [-0.15, -0.1) is 0 Å². The van der Waals surface area contributed by atoms with E-state index in [9.17, 15) is 4.79 Å². The molecule has 0 bridgehead atoms. The van der Waals surface area contributed by atoms with Gasteiger partial charge in [0.05, 0.1) is 10.5 Å². The molecule has 3 rings (SSSR count). The van der Waals surface area contributed by atoms with E-state index in [1.54, 1.807) is 30.5 Å². The van der Waals surface area contributed by atoms with Gasteiger partial charge in [0.25, 0.3) is 5.91 Å².